The summed E-state index contributed by atoms with van der Waals surface area (Å²) in [4.78, 5) is 15.6. The number of sulfonamides is 2. The molecular formula is C33H45FN4O9S2. The summed E-state index contributed by atoms with van der Waals surface area (Å²) in [6, 6.07) is 8.31. The Balaban J connectivity index is 1.69. The van der Waals surface area contributed by atoms with Crippen LogP contribution in [-0.2, 0) is 24.8 Å². The third-order valence-electron chi connectivity index (χ3n) is 8.50. The fourth-order valence-electron chi connectivity index (χ4n) is 5.65. The molecule has 1 aliphatic heterocycles. The minimum absolute atomic E-state index is 0.0552. The van der Waals surface area contributed by atoms with E-state index in [-0.39, 0.29) is 64.0 Å². The zero-order chi connectivity index (χ0) is 36.1. The van der Waals surface area contributed by atoms with E-state index in [1.54, 1.807) is 6.92 Å². The second-order valence-electron chi connectivity index (χ2n) is 12.5. The molecule has 4 atom stereocenters. The van der Waals surface area contributed by atoms with Gasteiger partial charge in [-0.2, -0.15) is 4.31 Å². The van der Waals surface area contributed by atoms with E-state index in [2.05, 4.69) is 9.88 Å². The van der Waals surface area contributed by atoms with Gasteiger partial charge in [-0.3, -0.25) is 9.52 Å². The van der Waals surface area contributed by atoms with E-state index in [1.165, 1.54) is 56.1 Å². The molecule has 49 heavy (non-hydrogen) atoms. The fourth-order valence-corrected chi connectivity index (χ4v) is 8.22. The molecule has 1 aliphatic rings. The number of rotatable bonds is 9. The van der Waals surface area contributed by atoms with Crippen LogP contribution in [0.15, 0.2) is 56.8 Å². The largest absolute Gasteiger partial charge is 0.490 e. The average Bonchev–Trinajstić information content (AvgIpc) is 3.40. The van der Waals surface area contributed by atoms with E-state index in [4.69, 9.17) is 14.0 Å². The Morgan fingerprint density at radius 3 is 2.43 bits per heavy atom. The number of aliphatic hydroxyl groups is 1. The van der Waals surface area contributed by atoms with Crippen molar-refractivity contribution < 1.29 is 45.1 Å². The van der Waals surface area contributed by atoms with Gasteiger partial charge in [0, 0.05) is 38.3 Å². The van der Waals surface area contributed by atoms with Gasteiger partial charge in [-0.25, -0.2) is 21.2 Å². The van der Waals surface area contributed by atoms with Crippen LogP contribution < -0.4 is 9.46 Å². The van der Waals surface area contributed by atoms with E-state index in [0.29, 0.717) is 19.4 Å². The lowest BCUT2D eigenvalue weighted by molar-refractivity contribution is -0.00834. The molecule has 270 valence electrons. The monoisotopic (exact) mass is 724 g/mol. The minimum atomic E-state index is -4.13. The molecule has 0 bridgehead atoms. The van der Waals surface area contributed by atoms with Crippen molar-refractivity contribution in [2.45, 2.75) is 81.9 Å². The van der Waals surface area contributed by atoms with Crippen LogP contribution in [0.25, 0.3) is 0 Å². The van der Waals surface area contributed by atoms with Gasteiger partial charge in [0.25, 0.3) is 15.9 Å². The first kappa shape index (κ1) is 38.2. The zero-order valence-corrected chi connectivity index (χ0v) is 30.2. The van der Waals surface area contributed by atoms with Crippen molar-refractivity contribution in [1.82, 2.24) is 14.4 Å². The maximum Gasteiger partial charge on any atom is 0.267 e. The molecule has 0 radical (unpaired) electrons. The molecule has 4 rings (SSSR count). The number of carbonyl (C=O) groups excluding carboxylic acids is 1. The highest BCUT2D eigenvalue weighted by Gasteiger charge is 2.33. The number of likely N-dealkylation sites (N-methyl/N-ethyl adjacent to an activating group) is 1. The zero-order valence-electron chi connectivity index (χ0n) is 28.5. The summed E-state index contributed by atoms with van der Waals surface area (Å²) >= 11 is 0. The number of nitrogens with one attached hydrogen (secondary N) is 1. The number of fused-ring (bicyclic) bond motifs is 1. The maximum atomic E-state index is 14.4. The lowest BCUT2D eigenvalue weighted by Crippen LogP contribution is -2.48. The van der Waals surface area contributed by atoms with Crippen LogP contribution in [0, 0.1) is 25.6 Å². The number of ether oxygens (including phenoxy) is 2. The van der Waals surface area contributed by atoms with Crippen molar-refractivity contribution in [2.24, 2.45) is 5.92 Å². The number of hydrogen-bond acceptors (Lipinski definition) is 10. The van der Waals surface area contributed by atoms with Gasteiger partial charge in [-0.1, -0.05) is 12.1 Å². The van der Waals surface area contributed by atoms with Crippen LogP contribution in [0.4, 0.5) is 10.1 Å². The predicted molar refractivity (Wildman–Crippen MR) is 180 cm³/mol. The fraction of sp³-hybridized carbons (Fsp3) is 0.515. The second kappa shape index (κ2) is 16.0. The third kappa shape index (κ3) is 9.16. The molecule has 16 heteroatoms. The second-order valence-corrected chi connectivity index (χ2v) is 16.2. The number of aromatic nitrogens is 1. The Morgan fingerprint density at radius 1 is 1.10 bits per heavy atom. The number of benzene rings is 2. The molecule has 0 spiro atoms. The van der Waals surface area contributed by atoms with Crippen molar-refractivity contribution >= 4 is 31.6 Å². The molecule has 1 amide bonds. The molecule has 0 fully saturated rings. The molecule has 2 heterocycles. The highest BCUT2D eigenvalue weighted by molar-refractivity contribution is 7.92. The molecule has 13 nitrogen and oxygen atoms in total. The van der Waals surface area contributed by atoms with Gasteiger partial charge < -0.3 is 24.0 Å². The Morgan fingerprint density at radius 2 is 1.80 bits per heavy atom. The summed E-state index contributed by atoms with van der Waals surface area (Å²) in [7, 11) is -6.71. The van der Waals surface area contributed by atoms with Crippen LogP contribution in [-0.4, -0.2) is 93.8 Å². The Hall–Kier alpha value is -3.57. The average molecular weight is 725 g/mol. The Bertz CT molecular complexity index is 1800. The molecule has 1 aromatic heterocycles. The summed E-state index contributed by atoms with van der Waals surface area (Å²) < 4.78 is 88.0. The summed E-state index contributed by atoms with van der Waals surface area (Å²) in [6.45, 7) is 8.31. The van der Waals surface area contributed by atoms with Crippen molar-refractivity contribution in [1.29, 1.82) is 0 Å². The highest BCUT2D eigenvalue weighted by Crippen LogP contribution is 2.30. The Labute approximate surface area is 287 Å². The first-order valence-corrected chi connectivity index (χ1v) is 19.0. The number of amides is 1. The molecule has 0 saturated carbocycles. The van der Waals surface area contributed by atoms with E-state index < -0.39 is 49.8 Å². The topological polar surface area (TPSA) is 169 Å². The normalized spacial score (nSPS) is 20.7. The van der Waals surface area contributed by atoms with Crippen molar-refractivity contribution in [3.8, 4) is 5.75 Å². The highest BCUT2D eigenvalue weighted by atomic mass is 32.2. The number of anilines is 1. The number of aryl methyl sites for hydroxylation is 2. The predicted octanol–water partition coefficient (Wildman–Crippen LogP) is 4.35. The maximum absolute atomic E-state index is 14.4. The van der Waals surface area contributed by atoms with Crippen LogP contribution in [0.1, 0.15) is 61.8 Å². The quantitative estimate of drug-likeness (QED) is 0.324. The SMILES string of the molecule is Cc1noc(C)c1S(=O)(=O)Nc1ccc2c(c1)C(=O)N([C@H](C)CO)C[C@@H](C)[C@H](CN(C)S(=O)(=O)c1ccc(F)cc1)OCCCC[C@@H](C)O2. The van der Waals surface area contributed by atoms with Crippen molar-refractivity contribution in [3.63, 3.8) is 0 Å². The lowest BCUT2D eigenvalue weighted by atomic mass is 10.0. The van der Waals surface area contributed by atoms with Crippen molar-refractivity contribution in [3.05, 3.63) is 65.3 Å². The molecular weight excluding hydrogens is 680 g/mol. The van der Waals surface area contributed by atoms with Crippen LogP contribution in [0.2, 0.25) is 0 Å². The number of nitrogens with zero attached hydrogens (tertiary/aromatic N) is 3. The summed E-state index contributed by atoms with van der Waals surface area (Å²) in [6.07, 6.45) is 1.03. The number of aliphatic hydroxyl groups excluding tert-OH is 1. The first-order chi connectivity index (χ1) is 23.0. The van der Waals surface area contributed by atoms with E-state index >= 15 is 0 Å². The molecule has 0 aliphatic carbocycles. The summed E-state index contributed by atoms with van der Waals surface area (Å²) in [5.41, 5.74) is 0.355. The molecule has 2 N–H and O–H groups in total. The van der Waals surface area contributed by atoms with Crippen LogP contribution >= 0.6 is 0 Å². The number of hydrogen-bond donors (Lipinski definition) is 2. The summed E-state index contributed by atoms with van der Waals surface area (Å²) in [5.74, 6) is -1.16. The van der Waals surface area contributed by atoms with Gasteiger partial charge in [-0.05, 0) is 89.4 Å². The van der Waals surface area contributed by atoms with Gasteiger partial charge in [0.15, 0.2) is 10.7 Å². The minimum Gasteiger partial charge on any atom is -0.490 e. The first-order valence-electron chi connectivity index (χ1n) is 16.1. The van der Waals surface area contributed by atoms with Crippen LogP contribution in [0.3, 0.4) is 0 Å². The summed E-state index contributed by atoms with van der Waals surface area (Å²) in [5, 5.41) is 13.9. The Kier molecular flexibility index (Phi) is 12.5. The van der Waals surface area contributed by atoms with Crippen LogP contribution in [0.5, 0.6) is 5.75 Å². The van der Waals surface area contributed by atoms with Gasteiger partial charge in [0.1, 0.15) is 17.3 Å². The van der Waals surface area contributed by atoms with E-state index in [9.17, 15) is 31.1 Å². The third-order valence-corrected chi connectivity index (χ3v) is 12.0. The molecule has 0 unspecified atom stereocenters. The number of carbonyl (C=O) groups is 1. The van der Waals surface area contributed by atoms with Gasteiger partial charge in [0.2, 0.25) is 10.0 Å². The molecule has 2 aromatic carbocycles. The van der Waals surface area contributed by atoms with E-state index in [0.717, 1.165) is 22.9 Å². The smallest absolute Gasteiger partial charge is 0.267 e. The lowest BCUT2D eigenvalue weighted by Gasteiger charge is -2.35. The standard InChI is InChI=1S/C33H45FN4O9S2/c1-21-18-38(22(2)20-39)33(40)29-17-27(36-48(41,42)32-24(4)35-47-25(32)5)12-15-30(29)46-23(3)9-7-8-16-45-31(21)19-37(6)49(43,44)28-13-10-26(34)11-14-28/h10-15,17,21-23,31,36,39H,7-9,16,18-20H2,1-6H3/t21-,22-,23-,31+/m1/s1. The van der Waals surface area contributed by atoms with Gasteiger partial charge >= 0.3 is 0 Å². The van der Waals surface area contributed by atoms with Gasteiger partial charge in [-0.15, -0.1) is 0 Å². The molecule has 3 aromatic rings. The van der Waals surface area contributed by atoms with E-state index in [1.807, 2.05) is 13.8 Å². The number of halogens is 1. The van der Waals surface area contributed by atoms with Gasteiger partial charge in [0.05, 0.1) is 35.3 Å². The van der Waals surface area contributed by atoms with Crippen molar-refractivity contribution in [2.75, 3.05) is 38.1 Å². The molecule has 0 saturated heterocycles.